The van der Waals surface area contributed by atoms with Crippen molar-refractivity contribution in [2.45, 2.75) is 19.4 Å². The van der Waals surface area contributed by atoms with Gasteiger partial charge in [0.15, 0.2) is 5.69 Å². The lowest BCUT2D eigenvalue weighted by molar-refractivity contribution is 0.315. The van der Waals surface area contributed by atoms with Crippen molar-refractivity contribution in [3.63, 3.8) is 0 Å². The van der Waals surface area contributed by atoms with E-state index >= 15 is 0 Å². The average Bonchev–Trinajstić information content (AvgIpc) is 3.32. The van der Waals surface area contributed by atoms with Crippen LogP contribution in [0.3, 0.4) is 0 Å². The lowest BCUT2D eigenvalue weighted by Gasteiger charge is -2.23. The second-order valence-corrected chi connectivity index (χ2v) is 7.02. The van der Waals surface area contributed by atoms with Gasteiger partial charge < -0.3 is 9.80 Å². The molecule has 0 amide bonds. The minimum Gasteiger partial charge on any atom is -0.340 e. The van der Waals surface area contributed by atoms with Crippen molar-refractivity contribution in [1.29, 1.82) is 0 Å². The number of nitrogens with zero attached hydrogens (tertiary/aromatic N) is 6. The fraction of sp³-hybridized carbons (Fsp3) is 0.350. The Kier molecular flexibility index (Phi) is 4.09. The molecule has 0 spiro atoms. The van der Waals surface area contributed by atoms with E-state index in [1.165, 1.54) is 0 Å². The van der Waals surface area contributed by atoms with Gasteiger partial charge in [-0.2, -0.15) is 0 Å². The molecule has 132 valence electrons. The van der Waals surface area contributed by atoms with Crippen molar-refractivity contribution in [2.24, 2.45) is 0 Å². The van der Waals surface area contributed by atoms with Gasteiger partial charge in [0.05, 0.1) is 12.3 Å². The van der Waals surface area contributed by atoms with Crippen LogP contribution in [0.4, 0.5) is 11.6 Å². The molecular weight excluding hydrogens is 324 g/mol. The SMILES string of the molecule is [C-]#[N+]c1ccc(-c2nc(N3CC[C@@H](N(C)C)C3)n3ccnc3c2C)cc1. The molecule has 0 bridgehead atoms. The third kappa shape index (κ3) is 2.71. The first kappa shape index (κ1) is 16.6. The lowest BCUT2D eigenvalue weighted by Crippen LogP contribution is -2.32. The van der Waals surface area contributed by atoms with Crippen LogP contribution < -0.4 is 4.90 Å². The Balaban J connectivity index is 1.82. The predicted molar refractivity (Wildman–Crippen MR) is 104 cm³/mol. The number of hydrogen-bond donors (Lipinski definition) is 0. The van der Waals surface area contributed by atoms with Crippen LogP contribution in [-0.4, -0.2) is 52.5 Å². The van der Waals surface area contributed by atoms with Crippen molar-refractivity contribution < 1.29 is 0 Å². The molecule has 4 rings (SSSR count). The summed E-state index contributed by atoms with van der Waals surface area (Å²) in [5.74, 6) is 0.941. The zero-order valence-electron chi connectivity index (χ0n) is 15.3. The topological polar surface area (TPSA) is 41.0 Å². The van der Waals surface area contributed by atoms with E-state index in [1.54, 1.807) is 0 Å². The molecule has 3 aromatic rings. The van der Waals surface area contributed by atoms with Crippen LogP contribution >= 0.6 is 0 Å². The largest absolute Gasteiger partial charge is 0.340 e. The van der Waals surface area contributed by atoms with Gasteiger partial charge in [0.2, 0.25) is 5.95 Å². The molecule has 1 aromatic carbocycles. The van der Waals surface area contributed by atoms with Crippen LogP contribution in [0.25, 0.3) is 21.7 Å². The smallest absolute Gasteiger partial charge is 0.211 e. The van der Waals surface area contributed by atoms with Crippen LogP contribution in [-0.2, 0) is 0 Å². The fourth-order valence-electron chi connectivity index (χ4n) is 3.63. The van der Waals surface area contributed by atoms with Gasteiger partial charge >= 0.3 is 0 Å². The number of fused-ring (bicyclic) bond motifs is 1. The molecule has 0 N–H and O–H groups in total. The second-order valence-electron chi connectivity index (χ2n) is 7.02. The number of aromatic nitrogens is 3. The monoisotopic (exact) mass is 346 g/mol. The molecule has 1 aliphatic heterocycles. The maximum atomic E-state index is 7.13. The first-order valence-electron chi connectivity index (χ1n) is 8.81. The Morgan fingerprint density at radius 2 is 2.00 bits per heavy atom. The molecule has 1 saturated heterocycles. The van der Waals surface area contributed by atoms with E-state index < -0.39 is 0 Å². The molecule has 6 nitrogen and oxygen atoms in total. The van der Waals surface area contributed by atoms with Gasteiger partial charge in [0.1, 0.15) is 5.65 Å². The molecule has 0 unspecified atom stereocenters. The summed E-state index contributed by atoms with van der Waals surface area (Å²) in [7, 11) is 4.27. The third-order valence-electron chi connectivity index (χ3n) is 5.20. The van der Waals surface area contributed by atoms with Crippen molar-refractivity contribution in [3.8, 4) is 11.3 Å². The second kappa shape index (κ2) is 6.43. The zero-order valence-corrected chi connectivity index (χ0v) is 15.3. The highest BCUT2D eigenvalue weighted by Crippen LogP contribution is 2.30. The molecule has 0 saturated carbocycles. The van der Waals surface area contributed by atoms with Crippen molar-refractivity contribution in [3.05, 3.63) is 53.6 Å². The van der Waals surface area contributed by atoms with E-state index in [0.29, 0.717) is 11.7 Å². The number of anilines is 1. The summed E-state index contributed by atoms with van der Waals surface area (Å²) < 4.78 is 2.09. The summed E-state index contributed by atoms with van der Waals surface area (Å²) >= 11 is 0. The molecule has 1 fully saturated rings. The Morgan fingerprint density at radius 1 is 1.23 bits per heavy atom. The van der Waals surface area contributed by atoms with Gasteiger partial charge in [-0.1, -0.05) is 24.3 Å². The van der Waals surface area contributed by atoms with E-state index in [2.05, 4.69) is 45.0 Å². The summed E-state index contributed by atoms with van der Waals surface area (Å²) in [6.45, 7) is 11.1. The zero-order chi connectivity index (χ0) is 18.3. The molecule has 1 aliphatic rings. The molecule has 2 aromatic heterocycles. The molecule has 26 heavy (non-hydrogen) atoms. The number of aryl methyl sites for hydroxylation is 1. The number of rotatable bonds is 3. The van der Waals surface area contributed by atoms with E-state index in [0.717, 1.165) is 47.9 Å². The Hall–Kier alpha value is -2.91. The molecule has 0 aliphatic carbocycles. The highest BCUT2D eigenvalue weighted by Gasteiger charge is 2.27. The standard InChI is InChI=1S/C20H22N6/c1-14-18(15-5-7-16(21-2)8-6-15)23-20(26-12-10-22-19(14)26)25-11-9-17(13-25)24(3)4/h5-8,10,12,17H,9,11,13H2,1,3-4H3/t17-/m1/s1. The van der Waals surface area contributed by atoms with Crippen molar-refractivity contribution >= 4 is 17.3 Å². The summed E-state index contributed by atoms with van der Waals surface area (Å²) in [5.41, 5.74) is 4.58. The van der Waals surface area contributed by atoms with Crippen LogP contribution in [0.15, 0.2) is 36.7 Å². The highest BCUT2D eigenvalue weighted by atomic mass is 15.3. The summed E-state index contributed by atoms with van der Waals surface area (Å²) in [4.78, 5) is 17.7. The van der Waals surface area contributed by atoms with Gasteiger partial charge in [0, 0.05) is 37.1 Å². The van der Waals surface area contributed by atoms with E-state index in [-0.39, 0.29) is 0 Å². The third-order valence-corrected chi connectivity index (χ3v) is 5.20. The lowest BCUT2D eigenvalue weighted by atomic mass is 10.1. The molecule has 3 heterocycles. The van der Waals surface area contributed by atoms with Gasteiger partial charge in [-0.25, -0.2) is 14.8 Å². The predicted octanol–water partition coefficient (Wildman–Crippen LogP) is 3.40. The maximum absolute atomic E-state index is 7.13. The van der Waals surface area contributed by atoms with Gasteiger partial charge in [-0.3, -0.25) is 4.40 Å². The van der Waals surface area contributed by atoms with Gasteiger partial charge in [0.25, 0.3) is 0 Å². The summed E-state index contributed by atoms with van der Waals surface area (Å²) in [5, 5.41) is 0. The molecular formula is C20H22N6. The minimum atomic E-state index is 0.540. The summed E-state index contributed by atoms with van der Waals surface area (Å²) in [6.07, 6.45) is 4.95. The van der Waals surface area contributed by atoms with E-state index in [4.69, 9.17) is 11.6 Å². The number of hydrogen-bond acceptors (Lipinski definition) is 4. The minimum absolute atomic E-state index is 0.540. The van der Waals surface area contributed by atoms with Crippen LogP contribution in [0.2, 0.25) is 0 Å². The van der Waals surface area contributed by atoms with Crippen molar-refractivity contribution in [1.82, 2.24) is 19.3 Å². The molecule has 1 atom stereocenters. The fourth-order valence-corrected chi connectivity index (χ4v) is 3.63. The van der Waals surface area contributed by atoms with E-state index in [1.807, 2.05) is 36.7 Å². The number of imidazole rings is 1. The molecule has 0 radical (unpaired) electrons. The van der Waals surface area contributed by atoms with Gasteiger partial charge in [-0.05, 0) is 33.0 Å². The normalized spacial score (nSPS) is 17.2. The average molecular weight is 346 g/mol. The number of likely N-dealkylation sites (N-methyl/N-ethyl adjacent to an activating group) is 1. The first-order valence-corrected chi connectivity index (χ1v) is 8.81. The Bertz CT molecular complexity index is 980. The van der Waals surface area contributed by atoms with Gasteiger partial charge in [-0.15, -0.1) is 0 Å². The van der Waals surface area contributed by atoms with Crippen molar-refractivity contribution in [2.75, 3.05) is 32.1 Å². The quantitative estimate of drug-likeness (QED) is 0.682. The highest BCUT2D eigenvalue weighted by molar-refractivity contribution is 5.73. The first-order chi connectivity index (χ1) is 12.6. The van der Waals surface area contributed by atoms with Crippen LogP contribution in [0.5, 0.6) is 0 Å². The summed E-state index contributed by atoms with van der Waals surface area (Å²) in [6, 6.07) is 8.17. The van der Waals surface area contributed by atoms with E-state index in [9.17, 15) is 0 Å². The van der Waals surface area contributed by atoms with Crippen LogP contribution in [0, 0.1) is 13.5 Å². The Labute approximate surface area is 153 Å². The Morgan fingerprint density at radius 3 is 2.65 bits per heavy atom. The number of benzene rings is 1. The molecule has 6 heteroatoms. The maximum Gasteiger partial charge on any atom is 0.211 e. The van der Waals surface area contributed by atoms with Crippen LogP contribution in [0.1, 0.15) is 12.0 Å².